The maximum Gasteiger partial charge on any atom is 0.405 e. The highest BCUT2D eigenvalue weighted by Crippen LogP contribution is 2.35. The van der Waals surface area contributed by atoms with Crippen molar-refractivity contribution >= 4 is 6.09 Å². The van der Waals surface area contributed by atoms with E-state index in [2.05, 4.69) is 0 Å². The molecule has 2 aromatic rings. The summed E-state index contributed by atoms with van der Waals surface area (Å²) in [6, 6.07) is 9.44. The minimum absolute atomic E-state index is 0.223. The summed E-state index contributed by atoms with van der Waals surface area (Å²) in [4.78, 5) is 11.0. The molecule has 2 aromatic carbocycles. The van der Waals surface area contributed by atoms with Crippen molar-refractivity contribution in [3.63, 3.8) is 0 Å². The summed E-state index contributed by atoms with van der Waals surface area (Å²) in [6.45, 7) is 0. The molecule has 0 heterocycles. The molecule has 0 radical (unpaired) electrons. The van der Waals surface area contributed by atoms with E-state index < -0.39 is 17.7 Å². The van der Waals surface area contributed by atoms with Crippen molar-refractivity contribution in [3.8, 4) is 11.1 Å². The lowest BCUT2D eigenvalue weighted by molar-refractivity contribution is 0.0959. The van der Waals surface area contributed by atoms with Crippen LogP contribution in [0.25, 0.3) is 11.1 Å². The van der Waals surface area contributed by atoms with Crippen LogP contribution in [0.4, 0.5) is 13.6 Å². The average Bonchev–Trinajstić information content (AvgIpc) is 2.49. The molecule has 0 bridgehead atoms. The smallest absolute Gasteiger partial charge is 0.405 e. The number of hydrogen-bond donors (Lipinski definition) is 1. The lowest BCUT2D eigenvalue weighted by Crippen LogP contribution is -2.20. The first kappa shape index (κ1) is 14.5. The predicted octanol–water partition coefficient (Wildman–Crippen LogP) is 4.10. The Morgan fingerprint density at radius 2 is 2.05 bits per heavy atom. The Kier molecular flexibility index (Phi) is 3.79. The Hall–Kier alpha value is -2.43. The third-order valence-corrected chi connectivity index (χ3v) is 3.92. The van der Waals surface area contributed by atoms with E-state index in [0.717, 1.165) is 30.0 Å². The number of amides is 1. The van der Waals surface area contributed by atoms with E-state index in [0.29, 0.717) is 12.0 Å². The lowest BCUT2D eigenvalue weighted by Gasteiger charge is -2.25. The van der Waals surface area contributed by atoms with Crippen LogP contribution < -0.4 is 5.73 Å². The van der Waals surface area contributed by atoms with Crippen LogP contribution in [-0.2, 0) is 11.2 Å². The van der Waals surface area contributed by atoms with Crippen molar-refractivity contribution in [2.75, 3.05) is 0 Å². The number of hydrogen-bond acceptors (Lipinski definition) is 2. The summed E-state index contributed by atoms with van der Waals surface area (Å²) in [5.41, 5.74) is 7.77. The minimum atomic E-state index is -0.870. The van der Waals surface area contributed by atoms with Crippen molar-refractivity contribution in [3.05, 3.63) is 59.2 Å². The van der Waals surface area contributed by atoms with Gasteiger partial charge < -0.3 is 10.5 Å². The monoisotopic (exact) mass is 303 g/mol. The average molecular weight is 303 g/mol. The predicted molar refractivity (Wildman–Crippen MR) is 78.1 cm³/mol. The van der Waals surface area contributed by atoms with Gasteiger partial charge in [-0.1, -0.05) is 30.3 Å². The SMILES string of the molecule is NC(=O)OC1CCCc2cc(-c3cccc(F)c3F)ccc21. The molecule has 2 N–H and O–H groups in total. The molecule has 114 valence electrons. The molecule has 3 nitrogen and oxygen atoms in total. The number of nitrogens with two attached hydrogens (primary N) is 1. The summed E-state index contributed by atoms with van der Waals surface area (Å²) in [5.74, 6) is -1.73. The zero-order chi connectivity index (χ0) is 15.7. The minimum Gasteiger partial charge on any atom is -0.442 e. The molecule has 1 atom stereocenters. The first-order chi connectivity index (χ1) is 10.6. The Morgan fingerprint density at radius 3 is 2.82 bits per heavy atom. The van der Waals surface area contributed by atoms with Crippen molar-refractivity contribution in [2.45, 2.75) is 25.4 Å². The molecule has 1 aliphatic carbocycles. The molecular formula is C17H15F2NO2. The Balaban J connectivity index is 2.00. The molecule has 1 amide bonds. The van der Waals surface area contributed by atoms with Gasteiger partial charge in [-0.2, -0.15) is 0 Å². The fraction of sp³-hybridized carbons (Fsp3) is 0.235. The van der Waals surface area contributed by atoms with Crippen LogP contribution in [0.3, 0.4) is 0 Å². The first-order valence-corrected chi connectivity index (χ1v) is 7.09. The standard InChI is InChI=1S/C17H15F2NO2/c18-14-5-2-4-13(16(14)19)11-7-8-12-10(9-11)3-1-6-15(12)22-17(20)21/h2,4-5,7-9,15H,1,3,6H2,(H2,20,21). The van der Waals surface area contributed by atoms with Gasteiger partial charge in [0.2, 0.25) is 0 Å². The highest BCUT2D eigenvalue weighted by molar-refractivity contribution is 5.67. The van der Waals surface area contributed by atoms with Crippen molar-refractivity contribution < 1.29 is 18.3 Å². The van der Waals surface area contributed by atoms with Crippen LogP contribution in [0.15, 0.2) is 36.4 Å². The van der Waals surface area contributed by atoms with Crippen LogP contribution in [0.1, 0.15) is 30.1 Å². The second-order valence-electron chi connectivity index (χ2n) is 5.33. The van der Waals surface area contributed by atoms with E-state index in [1.165, 1.54) is 6.07 Å². The summed E-state index contributed by atoms with van der Waals surface area (Å²) in [6.07, 6.45) is 1.19. The summed E-state index contributed by atoms with van der Waals surface area (Å²) in [7, 11) is 0. The number of primary amides is 1. The maximum atomic E-state index is 13.9. The van der Waals surface area contributed by atoms with Gasteiger partial charge in [-0.25, -0.2) is 13.6 Å². The summed E-state index contributed by atoms with van der Waals surface area (Å²) >= 11 is 0. The fourth-order valence-corrected chi connectivity index (χ4v) is 2.93. The molecule has 1 unspecified atom stereocenters. The lowest BCUT2D eigenvalue weighted by atomic mass is 9.87. The third kappa shape index (κ3) is 2.66. The Labute approximate surface area is 126 Å². The van der Waals surface area contributed by atoms with E-state index >= 15 is 0 Å². The molecular weight excluding hydrogens is 288 g/mol. The molecule has 0 fully saturated rings. The second kappa shape index (κ2) is 5.75. The van der Waals surface area contributed by atoms with Crippen molar-refractivity contribution in [1.29, 1.82) is 0 Å². The van der Waals surface area contributed by atoms with E-state index in [4.69, 9.17) is 10.5 Å². The van der Waals surface area contributed by atoms with Gasteiger partial charge in [-0.15, -0.1) is 0 Å². The van der Waals surface area contributed by atoms with Crippen LogP contribution in [0.5, 0.6) is 0 Å². The van der Waals surface area contributed by atoms with Crippen molar-refractivity contribution in [2.24, 2.45) is 5.73 Å². The first-order valence-electron chi connectivity index (χ1n) is 7.09. The molecule has 0 aliphatic heterocycles. The van der Waals surface area contributed by atoms with Gasteiger partial charge in [0.15, 0.2) is 11.6 Å². The summed E-state index contributed by atoms with van der Waals surface area (Å²) < 4.78 is 32.4. The number of benzene rings is 2. The van der Waals surface area contributed by atoms with Gasteiger partial charge in [0.05, 0.1) is 0 Å². The van der Waals surface area contributed by atoms with Crippen molar-refractivity contribution in [1.82, 2.24) is 0 Å². The molecule has 0 saturated heterocycles. The molecule has 0 spiro atoms. The third-order valence-electron chi connectivity index (χ3n) is 3.92. The number of rotatable bonds is 2. The van der Waals surface area contributed by atoms with Gasteiger partial charge >= 0.3 is 6.09 Å². The maximum absolute atomic E-state index is 13.9. The zero-order valence-electron chi connectivity index (χ0n) is 11.8. The molecule has 1 aliphatic rings. The van der Waals surface area contributed by atoms with Crippen LogP contribution >= 0.6 is 0 Å². The number of carbonyl (C=O) groups excluding carboxylic acids is 1. The Bertz CT molecular complexity index is 731. The van der Waals surface area contributed by atoms with Gasteiger partial charge in [-0.05, 0) is 42.0 Å². The number of aryl methyl sites for hydroxylation is 1. The molecule has 0 saturated carbocycles. The fourth-order valence-electron chi connectivity index (χ4n) is 2.93. The van der Waals surface area contributed by atoms with E-state index in [1.807, 2.05) is 6.07 Å². The van der Waals surface area contributed by atoms with E-state index in [9.17, 15) is 13.6 Å². The second-order valence-corrected chi connectivity index (χ2v) is 5.33. The largest absolute Gasteiger partial charge is 0.442 e. The van der Waals surface area contributed by atoms with Gasteiger partial charge in [0.25, 0.3) is 0 Å². The number of carbonyl (C=O) groups is 1. The highest BCUT2D eigenvalue weighted by Gasteiger charge is 2.23. The van der Waals surface area contributed by atoms with Crippen LogP contribution in [0, 0.1) is 11.6 Å². The zero-order valence-corrected chi connectivity index (χ0v) is 11.8. The number of ether oxygens (including phenoxy) is 1. The summed E-state index contributed by atoms with van der Waals surface area (Å²) in [5, 5.41) is 0. The molecule has 22 heavy (non-hydrogen) atoms. The quantitative estimate of drug-likeness (QED) is 0.908. The normalized spacial score (nSPS) is 16.9. The molecule has 3 rings (SSSR count). The highest BCUT2D eigenvalue weighted by atomic mass is 19.2. The molecule has 5 heteroatoms. The number of fused-ring (bicyclic) bond motifs is 1. The molecule has 0 aromatic heterocycles. The topological polar surface area (TPSA) is 52.3 Å². The van der Waals surface area contributed by atoms with Crippen LogP contribution in [-0.4, -0.2) is 6.09 Å². The van der Waals surface area contributed by atoms with Gasteiger partial charge in [0, 0.05) is 5.56 Å². The Morgan fingerprint density at radius 1 is 1.23 bits per heavy atom. The van der Waals surface area contributed by atoms with Crippen LogP contribution in [0.2, 0.25) is 0 Å². The van der Waals surface area contributed by atoms with Gasteiger partial charge in [0.1, 0.15) is 6.10 Å². The van der Waals surface area contributed by atoms with E-state index in [-0.39, 0.29) is 11.7 Å². The number of halogens is 2. The van der Waals surface area contributed by atoms with Gasteiger partial charge in [-0.3, -0.25) is 0 Å². The van der Waals surface area contributed by atoms with E-state index in [1.54, 1.807) is 18.2 Å².